The molecule has 106 valence electrons. The number of fused-ring (bicyclic) bond motifs is 2. The van der Waals surface area contributed by atoms with Crippen LogP contribution in [0.1, 0.15) is 11.6 Å². The predicted molar refractivity (Wildman–Crippen MR) is 81.0 cm³/mol. The van der Waals surface area contributed by atoms with Crippen LogP contribution in [0.2, 0.25) is 0 Å². The van der Waals surface area contributed by atoms with E-state index in [1.165, 1.54) is 0 Å². The van der Waals surface area contributed by atoms with Crippen molar-refractivity contribution in [2.75, 3.05) is 11.1 Å². The molecular formula is C15H13N3O2S. The van der Waals surface area contributed by atoms with Gasteiger partial charge in [0.05, 0.1) is 28.4 Å². The zero-order valence-electron chi connectivity index (χ0n) is 11.1. The van der Waals surface area contributed by atoms with Gasteiger partial charge in [0.25, 0.3) is 0 Å². The molecule has 1 atom stereocenters. The number of H-pyrrole nitrogens is 1. The lowest BCUT2D eigenvalue weighted by Gasteiger charge is -2.14. The lowest BCUT2D eigenvalue weighted by atomic mass is 10.1. The minimum Gasteiger partial charge on any atom is -0.377 e. The van der Waals surface area contributed by atoms with Crippen molar-refractivity contribution in [3.05, 3.63) is 54.2 Å². The van der Waals surface area contributed by atoms with Gasteiger partial charge in [-0.2, -0.15) is 5.10 Å². The number of anilines is 1. The Morgan fingerprint density at radius 1 is 1.14 bits per heavy atom. The molecule has 5 nitrogen and oxygen atoms in total. The summed E-state index contributed by atoms with van der Waals surface area (Å²) in [5.41, 5.74) is 2.64. The SMILES string of the molecule is O=S1(=O)CC(Nc2cccc3[nH]ncc23)c2ccccc21. The number of aromatic nitrogens is 2. The topological polar surface area (TPSA) is 74.8 Å². The molecule has 2 heterocycles. The van der Waals surface area contributed by atoms with Crippen LogP contribution >= 0.6 is 0 Å². The van der Waals surface area contributed by atoms with Crippen molar-refractivity contribution in [1.29, 1.82) is 0 Å². The van der Waals surface area contributed by atoms with E-state index in [2.05, 4.69) is 15.5 Å². The predicted octanol–water partition coefficient (Wildman–Crippen LogP) is 2.50. The van der Waals surface area contributed by atoms with E-state index in [0.29, 0.717) is 4.90 Å². The molecule has 1 aliphatic rings. The van der Waals surface area contributed by atoms with Crippen molar-refractivity contribution in [3.63, 3.8) is 0 Å². The molecule has 0 spiro atoms. The molecule has 3 aromatic rings. The van der Waals surface area contributed by atoms with E-state index in [1.54, 1.807) is 18.3 Å². The second kappa shape index (κ2) is 4.33. The molecule has 0 saturated heterocycles. The Kier molecular flexibility index (Phi) is 2.56. The quantitative estimate of drug-likeness (QED) is 0.762. The fourth-order valence-electron chi connectivity index (χ4n) is 2.85. The molecule has 1 aromatic heterocycles. The second-order valence-corrected chi connectivity index (χ2v) is 7.16. The van der Waals surface area contributed by atoms with Crippen LogP contribution < -0.4 is 5.32 Å². The Balaban J connectivity index is 1.78. The van der Waals surface area contributed by atoms with Crippen molar-refractivity contribution < 1.29 is 8.42 Å². The Hall–Kier alpha value is -2.34. The van der Waals surface area contributed by atoms with Gasteiger partial charge in [0.15, 0.2) is 9.84 Å². The maximum atomic E-state index is 12.2. The first-order valence-corrected chi connectivity index (χ1v) is 8.31. The molecule has 0 saturated carbocycles. The average Bonchev–Trinajstić information content (AvgIpc) is 3.04. The number of sulfone groups is 1. The van der Waals surface area contributed by atoms with Crippen LogP contribution in [-0.4, -0.2) is 24.4 Å². The van der Waals surface area contributed by atoms with Crippen LogP contribution in [0.5, 0.6) is 0 Å². The van der Waals surface area contributed by atoms with E-state index >= 15 is 0 Å². The van der Waals surface area contributed by atoms with E-state index in [1.807, 2.05) is 30.3 Å². The van der Waals surface area contributed by atoms with E-state index < -0.39 is 9.84 Å². The maximum absolute atomic E-state index is 12.2. The largest absolute Gasteiger partial charge is 0.377 e. The average molecular weight is 299 g/mol. The molecule has 21 heavy (non-hydrogen) atoms. The van der Waals surface area contributed by atoms with Gasteiger partial charge in [0, 0.05) is 11.1 Å². The van der Waals surface area contributed by atoms with Crippen LogP contribution in [0.3, 0.4) is 0 Å². The van der Waals surface area contributed by atoms with E-state index in [9.17, 15) is 8.42 Å². The van der Waals surface area contributed by atoms with Gasteiger partial charge in [-0.15, -0.1) is 0 Å². The van der Waals surface area contributed by atoms with E-state index in [0.717, 1.165) is 22.2 Å². The Bertz CT molecular complexity index is 931. The van der Waals surface area contributed by atoms with Gasteiger partial charge < -0.3 is 5.32 Å². The molecule has 1 unspecified atom stereocenters. The second-order valence-electron chi connectivity index (χ2n) is 5.15. The van der Waals surface area contributed by atoms with Crippen molar-refractivity contribution >= 4 is 26.4 Å². The summed E-state index contributed by atoms with van der Waals surface area (Å²) in [6, 6.07) is 12.7. The summed E-state index contributed by atoms with van der Waals surface area (Å²) in [7, 11) is -3.20. The third kappa shape index (κ3) is 1.91. The summed E-state index contributed by atoms with van der Waals surface area (Å²) < 4.78 is 24.4. The normalized spacial score (nSPS) is 19.5. The van der Waals surface area contributed by atoms with E-state index in [-0.39, 0.29) is 11.8 Å². The first-order valence-electron chi connectivity index (χ1n) is 6.65. The first kappa shape index (κ1) is 12.4. The minimum absolute atomic E-state index is 0.0839. The zero-order chi connectivity index (χ0) is 14.4. The Morgan fingerprint density at radius 2 is 2.00 bits per heavy atom. The number of nitrogens with zero attached hydrogens (tertiary/aromatic N) is 1. The zero-order valence-corrected chi connectivity index (χ0v) is 11.9. The third-order valence-electron chi connectivity index (χ3n) is 3.83. The van der Waals surface area contributed by atoms with Crippen molar-refractivity contribution in [2.24, 2.45) is 0 Å². The smallest absolute Gasteiger partial charge is 0.181 e. The van der Waals surface area contributed by atoms with Crippen molar-refractivity contribution in [3.8, 4) is 0 Å². The third-order valence-corrected chi connectivity index (χ3v) is 5.64. The van der Waals surface area contributed by atoms with Crippen molar-refractivity contribution in [2.45, 2.75) is 10.9 Å². The summed E-state index contributed by atoms with van der Waals surface area (Å²) in [4.78, 5) is 0.432. The van der Waals surface area contributed by atoms with Gasteiger partial charge in [-0.1, -0.05) is 24.3 Å². The van der Waals surface area contributed by atoms with Crippen LogP contribution in [0.25, 0.3) is 10.9 Å². The molecule has 0 amide bonds. The van der Waals surface area contributed by atoms with Gasteiger partial charge in [-0.25, -0.2) is 8.42 Å². The van der Waals surface area contributed by atoms with Crippen LogP contribution in [0, 0.1) is 0 Å². The fourth-order valence-corrected chi connectivity index (χ4v) is 4.59. The van der Waals surface area contributed by atoms with Gasteiger partial charge in [0.1, 0.15) is 0 Å². The summed E-state index contributed by atoms with van der Waals surface area (Å²) in [5, 5.41) is 11.2. The molecule has 0 bridgehead atoms. The number of benzene rings is 2. The van der Waals surface area contributed by atoms with Crippen LogP contribution in [0.15, 0.2) is 53.6 Å². The summed E-state index contributed by atoms with van der Waals surface area (Å²) >= 11 is 0. The number of aromatic amines is 1. The molecule has 6 heteroatoms. The minimum atomic E-state index is -3.20. The molecule has 4 rings (SSSR count). The number of hydrogen-bond acceptors (Lipinski definition) is 4. The molecule has 0 radical (unpaired) electrons. The summed E-state index contributed by atoms with van der Waals surface area (Å²) in [6.45, 7) is 0. The van der Waals surface area contributed by atoms with Crippen molar-refractivity contribution in [1.82, 2.24) is 10.2 Å². The van der Waals surface area contributed by atoms with Gasteiger partial charge in [-0.3, -0.25) is 5.10 Å². The molecular weight excluding hydrogens is 286 g/mol. The fraction of sp³-hybridized carbons (Fsp3) is 0.133. The highest BCUT2D eigenvalue weighted by Gasteiger charge is 2.34. The highest BCUT2D eigenvalue weighted by Crippen LogP contribution is 2.36. The highest BCUT2D eigenvalue weighted by molar-refractivity contribution is 7.91. The number of nitrogens with one attached hydrogen (secondary N) is 2. The maximum Gasteiger partial charge on any atom is 0.181 e. The molecule has 0 aliphatic carbocycles. The van der Waals surface area contributed by atoms with E-state index in [4.69, 9.17) is 0 Å². The summed E-state index contributed by atoms with van der Waals surface area (Å²) in [5.74, 6) is 0.0839. The number of rotatable bonds is 2. The first-order chi connectivity index (χ1) is 10.1. The Labute approximate surface area is 121 Å². The molecule has 1 aliphatic heterocycles. The standard InChI is InChI=1S/C15H13N3O2S/c19-21(20)9-14(10-4-1-2-7-15(10)21)17-12-5-3-6-13-11(12)8-16-18-13/h1-8,14,17H,9H2,(H,16,18). The van der Waals surface area contributed by atoms with Gasteiger partial charge in [-0.05, 0) is 23.8 Å². The summed E-state index contributed by atoms with van der Waals surface area (Å²) in [6.07, 6.45) is 1.74. The monoisotopic (exact) mass is 299 g/mol. The molecule has 0 fully saturated rings. The van der Waals surface area contributed by atoms with Crippen LogP contribution in [0.4, 0.5) is 5.69 Å². The highest BCUT2D eigenvalue weighted by atomic mass is 32.2. The van der Waals surface area contributed by atoms with Gasteiger partial charge >= 0.3 is 0 Å². The number of hydrogen-bond donors (Lipinski definition) is 2. The lowest BCUT2D eigenvalue weighted by Crippen LogP contribution is -2.13. The van der Waals surface area contributed by atoms with Gasteiger partial charge in [0.2, 0.25) is 0 Å². The van der Waals surface area contributed by atoms with Crippen LogP contribution in [-0.2, 0) is 9.84 Å². The Morgan fingerprint density at radius 3 is 2.90 bits per heavy atom. The lowest BCUT2D eigenvalue weighted by molar-refractivity contribution is 0.598. The molecule has 2 N–H and O–H groups in total. The molecule has 2 aromatic carbocycles.